The molecule has 0 amide bonds. The zero-order chi connectivity index (χ0) is 15.0. The molecule has 0 unspecified atom stereocenters. The SMILES string of the molecule is Cc1ccc([C@@H]2CN(S(=O)(=O)c3cccnc3)C[C@H]2N)o1. The van der Waals surface area contributed by atoms with Gasteiger partial charge in [-0.2, -0.15) is 4.31 Å². The Hall–Kier alpha value is -1.70. The molecule has 21 heavy (non-hydrogen) atoms. The van der Waals surface area contributed by atoms with Crippen LogP contribution in [0.1, 0.15) is 17.4 Å². The van der Waals surface area contributed by atoms with Crippen molar-refractivity contribution in [3.05, 3.63) is 48.2 Å². The van der Waals surface area contributed by atoms with E-state index in [0.717, 1.165) is 11.5 Å². The quantitative estimate of drug-likeness (QED) is 0.917. The zero-order valence-electron chi connectivity index (χ0n) is 11.6. The van der Waals surface area contributed by atoms with Crippen molar-refractivity contribution in [3.63, 3.8) is 0 Å². The van der Waals surface area contributed by atoms with Crippen molar-refractivity contribution in [1.82, 2.24) is 9.29 Å². The van der Waals surface area contributed by atoms with Gasteiger partial charge < -0.3 is 10.2 Å². The van der Waals surface area contributed by atoms with Gasteiger partial charge in [-0.05, 0) is 31.2 Å². The summed E-state index contributed by atoms with van der Waals surface area (Å²) in [5.74, 6) is 1.42. The molecule has 2 aromatic rings. The average Bonchev–Trinajstić information content (AvgIpc) is 3.06. The smallest absolute Gasteiger partial charge is 0.244 e. The van der Waals surface area contributed by atoms with E-state index in [-0.39, 0.29) is 23.4 Å². The Kier molecular flexibility index (Phi) is 3.56. The third-order valence-corrected chi connectivity index (χ3v) is 5.55. The van der Waals surface area contributed by atoms with Gasteiger partial charge in [0.25, 0.3) is 0 Å². The maximum Gasteiger partial charge on any atom is 0.244 e. The van der Waals surface area contributed by atoms with Crippen LogP contribution in [0.4, 0.5) is 0 Å². The summed E-state index contributed by atoms with van der Waals surface area (Å²) in [6, 6.07) is 6.59. The third kappa shape index (κ3) is 2.59. The van der Waals surface area contributed by atoms with Crippen molar-refractivity contribution in [2.75, 3.05) is 13.1 Å². The van der Waals surface area contributed by atoms with Gasteiger partial charge in [0.15, 0.2) is 0 Å². The number of hydrogen-bond donors (Lipinski definition) is 1. The van der Waals surface area contributed by atoms with Crippen LogP contribution < -0.4 is 5.73 Å². The van der Waals surface area contributed by atoms with E-state index in [2.05, 4.69) is 4.98 Å². The molecule has 2 N–H and O–H groups in total. The lowest BCUT2D eigenvalue weighted by Crippen LogP contribution is -2.32. The molecule has 112 valence electrons. The van der Waals surface area contributed by atoms with E-state index in [4.69, 9.17) is 10.2 Å². The molecule has 0 spiro atoms. The van der Waals surface area contributed by atoms with Crippen molar-refractivity contribution < 1.29 is 12.8 Å². The molecule has 0 bridgehead atoms. The van der Waals surface area contributed by atoms with Crippen molar-refractivity contribution in [3.8, 4) is 0 Å². The molecule has 1 aliphatic rings. The summed E-state index contributed by atoms with van der Waals surface area (Å²) in [5.41, 5.74) is 6.10. The molecule has 1 saturated heterocycles. The van der Waals surface area contributed by atoms with Gasteiger partial charge in [0.05, 0.1) is 0 Å². The van der Waals surface area contributed by atoms with Crippen LogP contribution in [-0.2, 0) is 10.0 Å². The fraction of sp³-hybridized carbons (Fsp3) is 0.357. The summed E-state index contributed by atoms with van der Waals surface area (Å²) in [6.45, 7) is 2.46. The van der Waals surface area contributed by atoms with Crippen LogP contribution in [0.2, 0.25) is 0 Å². The highest BCUT2D eigenvalue weighted by atomic mass is 32.2. The molecule has 3 heterocycles. The third-order valence-electron chi connectivity index (χ3n) is 3.73. The minimum Gasteiger partial charge on any atom is -0.466 e. The fourth-order valence-electron chi connectivity index (χ4n) is 2.59. The summed E-state index contributed by atoms with van der Waals surface area (Å²) in [6.07, 6.45) is 2.90. The number of aryl methyl sites for hydroxylation is 1. The Morgan fingerprint density at radius 3 is 2.76 bits per heavy atom. The van der Waals surface area contributed by atoms with E-state index in [1.54, 1.807) is 12.3 Å². The zero-order valence-corrected chi connectivity index (χ0v) is 12.5. The van der Waals surface area contributed by atoms with E-state index < -0.39 is 10.0 Å². The van der Waals surface area contributed by atoms with Crippen LogP contribution in [0.25, 0.3) is 0 Å². The highest BCUT2D eigenvalue weighted by Gasteiger charge is 2.39. The standard InChI is InChI=1S/C14H17N3O3S/c1-10-4-5-14(20-10)12-8-17(9-13(12)15)21(18,19)11-3-2-6-16-7-11/h2-7,12-13H,8-9,15H2,1H3/t12-,13-/m1/s1. The Morgan fingerprint density at radius 1 is 1.33 bits per heavy atom. The molecular formula is C14H17N3O3S. The van der Waals surface area contributed by atoms with Crippen LogP contribution in [0.15, 0.2) is 46.0 Å². The monoisotopic (exact) mass is 307 g/mol. The van der Waals surface area contributed by atoms with Crippen LogP contribution in [0, 0.1) is 6.92 Å². The topological polar surface area (TPSA) is 89.4 Å². The van der Waals surface area contributed by atoms with Gasteiger partial charge in [-0.1, -0.05) is 0 Å². The molecule has 1 aliphatic heterocycles. The van der Waals surface area contributed by atoms with Gasteiger partial charge in [0.2, 0.25) is 10.0 Å². The van der Waals surface area contributed by atoms with Gasteiger partial charge >= 0.3 is 0 Å². The number of nitrogens with zero attached hydrogens (tertiary/aromatic N) is 2. The highest BCUT2D eigenvalue weighted by Crippen LogP contribution is 2.31. The maximum absolute atomic E-state index is 12.6. The first-order chi connectivity index (χ1) is 9.98. The van der Waals surface area contributed by atoms with Crippen molar-refractivity contribution in [2.24, 2.45) is 5.73 Å². The lowest BCUT2D eigenvalue weighted by atomic mass is 10.0. The molecule has 2 atom stereocenters. The number of nitrogens with two attached hydrogens (primary N) is 1. The second-order valence-corrected chi connectivity index (χ2v) is 7.17. The van der Waals surface area contributed by atoms with Crippen molar-refractivity contribution in [2.45, 2.75) is 23.8 Å². The minimum absolute atomic E-state index is 0.120. The number of furan rings is 1. The van der Waals surface area contributed by atoms with E-state index in [0.29, 0.717) is 6.54 Å². The van der Waals surface area contributed by atoms with Gasteiger partial charge in [0.1, 0.15) is 16.4 Å². The molecule has 0 radical (unpaired) electrons. The average molecular weight is 307 g/mol. The molecule has 2 aromatic heterocycles. The normalized spacial score (nSPS) is 23.5. The molecule has 6 nitrogen and oxygen atoms in total. The van der Waals surface area contributed by atoms with E-state index in [1.807, 2.05) is 19.1 Å². The van der Waals surface area contributed by atoms with Crippen molar-refractivity contribution >= 4 is 10.0 Å². The number of rotatable bonds is 3. The first kappa shape index (κ1) is 14.2. The predicted octanol–water partition coefficient (Wildman–Crippen LogP) is 1.10. The summed E-state index contributed by atoms with van der Waals surface area (Å²) >= 11 is 0. The molecule has 0 saturated carbocycles. The van der Waals surface area contributed by atoms with Gasteiger partial charge in [0, 0.05) is 37.4 Å². The summed E-state index contributed by atoms with van der Waals surface area (Å²) in [4.78, 5) is 4.05. The van der Waals surface area contributed by atoms with Crippen LogP contribution in [0.3, 0.4) is 0 Å². The molecule has 3 rings (SSSR count). The molecule has 1 fully saturated rings. The summed E-state index contributed by atoms with van der Waals surface area (Å²) < 4.78 is 32.1. The maximum atomic E-state index is 12.6. The predicted molar refractivity (Wildman–Crippen MR) is 77.2 cm³/mol. The van der Waals surface area contributed by atoms with Crippen LogP contribution >= 0.6 is 0 Å². The van der Waals surface area contributed by atoms with E-state index in [1.165, 1.54) is 16.6 Å². The summed E-state index contributed by atoms with van der Waals surface area (Å²) in [7, 11) is -3.56. The highest BCUT2D eigenvalue weighted by molar-refractivity contribution is 7.89. The van der Waals surface area contributed by atoms with E-state index >= 15 is 0 Å². The lowest BCUT2D eigenvalue weighted by Gasteiger charge is -2.15. The van der Waals surface area contributed by atoms with Gasteiger partial charge in [-0.25, -0.2) is 8.42 Å². The number of hydrogen-bond acceptors (Lipinski definition) is 5. The molecule has 0 aromatic carbocycles. The van der Waals surface area contributed by atoms with Crippen molar-refractivity contribution in [1.29, 1.82) is 0 Å². The second-order valence-electron chi connectivity index (χ2n) is 5.23. The first-order valence-electron chi connectivity index (χ1n) is 6.70. The van der Waals surface area contributed by atoms with Crippen LogP contribution in [-0.4, -0.2) is 36.8 Å². The lowest BCUT2D eigenvalue weighted by molar-refractivity contribution is 0.428. The Morgan fingerprint density at radius 2 is 2.14 bits per heavy atom. The largest absolute Gasteiger partial charge is 0.466 e. The molecule has 7 heteroatoms. The number of sulfonamides is 1. The Bertz CT molecular complexity index is 727. The Labute approximate surface area is 123 Å². The van der Waals surface area contributed by atoms with E-state index in [9.17, 15) is 8.42 Å². The van der Waals surface area contributed by atoms with Gasteiger partial charge in [-0.15, -0.1) is 0 Å². The molecular weight excluding hydrogens is 290 g/mol. The number of aromatic nitrogens is 1. The summed E-state index contributed by atoms with van der Waals surface area (Å²) in [5, 5.41) is 0. The second kappa shape index (κ2) is 5.25. The molecule has 0 aliphatic carbocycles. The number of pyridine rings is 1. The first-order valence-corrected chi connectivity index (χ1v) is 8.14. The Balaban J connectivity index is 1.86. The van der Waals surface area contributed by atoms with Crippen LogP contribution in [0.5, 0.6) is 0 Å². The minimum atomic E-state index is -3.56. The van der Waals surface area contributed by atoms with Gasteiger partial charge in [-0.3, -0.25) is 4.98 Å². The fourth-order valence-corrected chi connectivity index (χ4v) is 4.06.